The number of ether oxygens (including phenoxy) is 1. The van der Waals surface area contributed by atoms with Crippen molar-refractivity contribution in [2.45, 2.75) is 39.5 Å². The lowest BCUT2D eigenvalue weighted by atomic mass is 10.2. The first-order valence-corrected chi connectivity index (χ1v) is 10.1. The smallest absolute Gasteiger partial charge is 0.191 e. The second kappa shape index (κ2) is 12.6. The summed E-state index contributed by atoms with van der Waals surface area (Å²) in [5.41, 5.74) is 1.15. The zero-order valence-corrected chi connectivity index (χ0v) is 19.6. The second-order valence-electron chi connectivity index (χ2n) is 6.89. The summed E-state index contributed by atoms with van der Waals surface area (Å²) >= 11 is 0. The number of aryl methyl sites for hydroxylation is 1. The molecule has 2 N–H and O–H groups in total. The van der Waals surface area contributed by atoms with Gasteiger partial charge in [-0.15, -0.1) is 24.0 Å². The molecule has 8 nitrogen and oxygen atoms in total. The minimum absolute atomic E-state index is 0. The second-order valence-corrected chi connectivity index (χ2v) is 6.89. The largest absolute Gasteiger partial charge is 0.375 e. The van der Waals surface area contributed by atoms with Gasteiger partial charge < -0.3 is 20.3 Å². The van der Waals surface area contributed by atoms with Crippen LogP contribution in [0.3, 0.4) is 0 Å². The number of pyridine rings is 1. The number of aromatic nitrogens is 3. The molecule has 3 heterocycles. The summed E-state index contributed by atoms with van der Waals surface area (Å²) in [6.07, 6.45) is 6.88. The quantitative estimate of drug-likeness (QED) is 0.244. The van der Waals surface area contributed by atoms with E-state index < -0.39 is 0 Å². The van der Waals surface area contributed by atoms with E-state index >= 15 is 0 Å². The molecule has 0 aliphatic carbocycles. The molecule has 1 aliphatic rings. The average molecular weight is 513 g/mol. The number of nitrogens with zero attached hydrogens (tertiary/aromatic N) is 5. The van der Waals surface area contributed by atoms with E-state index in [4.69, 9.17) is 9.73 Å². The number of nitrogens with one attached hydrogen (secondary N) is 2. The molecule has 1 fully saturated rings. The van der Waals surface area contributed by atoms with Crippen LogP contribution in [0.5, 0.6) is 0 Å². The Bertz CT molecular complexity index is 738. The maximum absolute atomic E-state index is 5.62. The van der Waals surface area contributed by atoms with Crippen LogP contribution in [0.1, 0.15) is 25.8 Å². The molecule has 1 atom stereocenters. The van der Waals surface area contributed by atoms with Crippen molar-refractivity contribution in [2.75, 3.05) is 37.7 Å². The van der Waals surface area contributed by atoms with Crippen molar-refractivity contribution in [1.29, 1.82) is 0 Å². The van der Waals surface area contributed by atoms with Gasteiger partial charge in [0.2, 0.25) is 0 Å². The van der Waals surface area contributed by atoms with Crippen LogP contribution in [0, 0.1) is 0 Å². The van der Waals surface area contributed by atoms with Gasteiger partial charge in [0.05, 0.1) is 19.3 Å². The SMILES string of the molecule is CCNC(=NCc1ccnc(N2CCOC(C)C2)c1)NCCCn1cccn1.I. The molecule has 0 amide bonds. The first-order valence-electron chi connectivity index (χ1n) is 10.1. The number of morpholine rings is 1. The normalized spacial score (nSPS) is 17.0. The van der Waals surface area contributed by atoms with E-state index in [1.165, 1.54) is 0 Å². The third kappa shape index (κ3) is 7.81. The van der Waals surface area contributed by atoms with Gasteiger partial charge in [0.25, 0.3) is 0 Å². The molecule has 0 saturated carbocycles. The molecule has 0 bridgehead atoms. The molecular weight excluding hydrogens is 481 g/mol. The van der Waals surface area contributed by atoms with Crippen molar-refractivity contribution >= 4 is 35.8 Å². The number of hydrogen-bond donors (Lipinski definition) is 2. The van der Waals surface area contributed by atoms with E-state index in [9.17, 15) is 0 Å². The van der Waals surface area contributed by atoms with Gasteiger partial charge in [-0.3, -0.25) is 4.68 Å². The summed E-state index contributed by atoms with van der Waals surface area (Å²) in [7, 11) is 0. The molecule has 2 aromatic heterocycles. The minimum atomic E-state index is 0. The van der Waals surface area contributed by atoms with Crippen molar-refractivity contribution in [3.05, 3.63) is 42.4 Å². The van der Waals surface area contributed by atoms with E-state index in [1.54, 1.807) is 6.20 Å². The first-order chi connectivity index (χ1) is 13.7. The number of guanidine groups is 1. The van der Waals surface area contributed by atoms with Crippen molar-refractivity contribution in [2.24, 2.45) is 4.99 Å². The highest BCUT2D eigenvalue weighted by atomic mass is 127. The Morgan fingerprint density at radius 3 is 3.00 bits per heavy atom. The molecule has 160 valence electrons. The van der Waals surface area contributed by atoms with E-state index in [0.717, 1.165) is 63.1 Å². The zero-order chi connectivity index (χ0) is 19.6. The molecular formula is C20H32IN7O. The molecule has 0 radical (unpaired) electrons. The Morgan fingerprint density at radius 1 is 1.34 bits per heavy atom. The Morgan fingerprint density at radius 2 is 2.24 bits per heavy atom. The van der Waals surface area contributed by atoms with Gasteiger partial charge in [-0.2, -0.15) is 5.10 Å². The number of aliphatic imine (C=N–C) groups is 1. The van der Waals surface area contributed by atoms with Crippen molar-refractivity contribution in [1.82, 2.24) is 25.4 Å². The van der Waals surface area contributed by atoms with Crippen molar-refractivity contribution in [3.63, 3.8) is 0 Å². The van der Waals surface area contributed by atoms with Crippen LogP contribution in [0.2, 0.25) is 0 Å². The molecule has 1 saturated heterocycles. The highest BCUT2D eigenvalue weighted by molar-refractivity contribution is 14.0. The molecule has 3 rings (SSSR count). The summed E-state index contributed by atoms with van der Waals surface area (Å²) in [6.45, 7) is 9.86. The third-order valence-electron chi connectivity index (χ3n) is 4.55. The molecule has 29 heavy (non-hydrogen) atoms. The summed E-state index contributed by atoms with van der Waals surface area (Å²) in [4.78, 5) is 11.5. The summed E-state index contributed by atoms with van der Waals surface area (Å²) in [5, 5.41) is 10.9. The van der Waals surface area contributed by atoms with Gasteiger partial charge >= 0.3 is 0 Å². The molecule has 0 aromatic carbocycles. The van der Waals surface area contributed by atoms with Gasteiger partial charge in [-0.25, -0.2) is 9.98 Å². The van der Waals surface area contributed by atoms with Crippen molar-refractivity contribution < 1.29 is 4.74 Å². The lowest BCUT2D eigenvalue weighted by Gasteiger charge is -2.32. The van der Waals surface area contributed by atoms with E-state index in [2.05, 4.69) is 45.5 Å². The zero-order valence-electron chi connectivity index (χ0n) is 17.3. The molecule has 0 spiro atoms. The van der Waals surface area contributed by atoms with Crippen LogP contribution in [0.4, 0.5) is 5.82 Å². The van der Waals surface area contributed by atoms with Gasteiger partial charge in [0.1, 0.15) is 5.82 Å². The van der Waals surface area contributed by atoms with Crippen LogP contribution in [0.15, 0.2) is 41.8 Å². The third-order valence-corrected chi connectivity index (χ3v) is 4.55. The standard InChI is InChI=1S/C20H31N7O.HI/c1-3-21-20(23-7-4-10-27-11-5-8-25-27)24-15-18-6-9-22-19(14-18)26-12-13-28-17(2)16-26;/h5-6,8-9,11,14,17H,3-4,7,10,12-13,15-16H2,1-2H3,(H2,21,23,24);1H. The van der Waals surface area contributed by atoms with E-state index in [1.807, 2.05) is 29.2 Å². The summed E-state index contributed by atoms with van der Waals surface area (Å²) < 4.78 is 7.56. The fourth-order valence-corrected chi connectivity index (χ4v) is 3.15. The highest BCUT2D eigenvalue weighted by Crippen LogP contribution is 2.16. The number of rotatable bonds is 8. The fourth-order valence-electron chi connectivity index (χ4n) is 3.15. The predicted octanol–water partition coefficient (Wildman–Crippen LogP) is 2.27. The van der Waals surface area contributed by atoms with Crippen LogP contribution in [-0.4, -0.2) is 59.6 Å². The van der Waals surface area contributed by atoms with Crippen LogP contribution in [-0.2, 0) is 17.8 Å². The highest BCUT2D eigenvalue weighted by Gasteiger charge is 2.17. The van der Waals surface area contributed by atoms with Crippen LogP contribution < -0.4 is 15.5 Å². The molecule has 9 heteroatoms. The van der Waals surface area contributed by atoms with Crippen LogP contribution >= 0.6 is 24.0 Å². The monoisotopic (exact) mass is 513 g/mol. The van der Waals surface area contributed by atoms with Gasteiger partial charge in [-0.1, -0.05) is 0 Å². The molecule has 1 aliphatic heterocycles. The number of anilines is 1. The first kappa shape index (κ1) is 23.4. The van der Waals surface area contributed by atoms with Gasteiger partial charge in [0.15, 0.2) is 5.96 Å². The average Bonchev–Trinajstić information content (AvgIpc) is 3.23. The van der Waals surface area contributed by atoms with Crippen molar-refractivity contribution in [3.8, 4) is 0 Å². The Kier molecular flexibility index (Phi) is 10.2. The maximum atomic E-state index is 5.62. The van der Waals surface area contributed by atoms with E-state index in [-0.39, 0.29) is 30.1 Å². The Hall–Kier alpha value is -1.88. The fraction of sp³-hybridized carbons (Fsp3) is 0.550. The lowest BCUT2D eigenvalue weighted by Crippen LogP contribution is -2.41. The molecule has 1 unspecified atom stereocenters. The maximum Gasteiger partial charge on any atom is 0.191 e. The number of hydrogen-bond acceptors (Lipinski definition) is 5. The topological polar surface area (TPSA) is 79.6 Å². The summed E-state index contributed by atoms with van der Waals surface area (Å²) in [6, 6.07) is 6.10. The number of halogens is 1. The minimum Gasteiger partial charge on any atom is -0.375 e. The van der Waals surface area contributed by atoms with Gasteiger partial charge in [0, 0.05) is 51.3 Å². The van der Waals surface area contributed by atoms with Crippen LogP contribution in [0.25, 0.3) is 0 Å². The summed E-state index contributed by atoms with van der Waals surface area (Å²) in [5.74, 6) is 1.83. The predicted molar refractivity (Wildman–Crippen MR) is 127 cm³/mol. The molecule has 2 aromatic rings. The lowest BCUT2D eigenvalue weighted by molar-refractivity contribution is 0.0529. The Balaban J connectivity index is 0.00000300. The Labute approximate surface area is 190 Å². The van der Waals surface area contributed by atoms with E-state index in [0.29, 0.717) is 6.54 Å². The van der Waals surface area contributed by atoms with Gasteiger partial charge in [-0.05, 0) is 44.0 Å².